The van der Waals surface area contributed by atoms with E-state index in [1.165, 1.54) is 0 Å². The fourth-order valence-electron chi connectivity index (χ4n) is 0.429. The van der Waals surface area contributed by atoms with Crippen LogP contribution >= 0.6 is 11.6 Å². The van der Waals surface area contributed by atoms with Crippen molar-refractivity contribution in [1.29, 1.82) is 0 Å². The molecule has 0 aliphatic rings. The highest BCUT2D eigenvalue weighted by molar-refractivity contribution is 6.29. The maximum Gasteiger partial charge on any atom is 0.151 e. The van der Waals surface area contributed by atoms with Gasteiger partial charge in [0.25, 0.3) is 0 Å². The Hall–Kier alpha value is -0.630. The molecule has 0 atom stereocenters. The van der Waals surface area contributed by atoms with Crippen LogP contribution in [0.1, 0.15) is 13.0 Å². The first kappa shape index (κ1) is 8.37. The summed E-state index contributed by atoms with van der Waals surface area (Å²) in [5.41, 5.74) is 1.03. The van der Waals surface area contributed by atoms with E-state index in [1.54, 1.807) is 12.3 Å². The van der Waals surface area contributed by atoms with Crippen LogP contribution in [0.3, 0.4) is 0 Å². The van der Waals surface area contributed by atoms with Crippen molar-refractivity contribution < 1.29 is 0 Å². The van der Waals surface area contributed by atoms with E-state index in [1.807, 2.05) is 6.92 Å². The van der Waals surface area contributed by atoms with Crippen LogP contribution in [0.5, 0.6) is 0 Å². The van der Waals surface area contributed by atoms with Crippen molar-refractivity contribution in [2.75, 3.05) is 0 Å². The molecule has 50 valence electrons. The lowest BCUT2D eigenvalue weighted by molar-refractivity contribution is 1.02. The molecule has 1 aromatic rings. The van der Waals surface area contributed by atoms with Crippen LogP contribution in [-0.2, 0) is 0 Å². The van der Waals surface area contributed by atoms with E-state index < -0.39 is 0 Å². The lowest BCUT2D eigenvalue weighted by atomic mass is 10.4. The van der Waals surface area contributed by atoms with E-state index in [-0.39, 0.29) is 7.43 Å². The largest absolute Gasteiger partial charge is 0.157 e. The van der Waals surface area contributed by atoms with E-state index in [9.17, 15) is 0 Å². The van der Waals surface area contributed by atoms with Crippen molar-refractivity contribution in [2.45, 2.75) is 14.4 Å². The number of hydrogen-bond acceptors (Lipinski definition) is 2. The topological polar surface area (TPSA) is 25.8 Å². The zero-order chi connectivity index (χ0) is 5.98. The molecule has 1 heterocycles. The number of aryl methyl sites for hydroxylation is 1. The molecule has 0 aliphatic heterocycles. The molecule has 0 saturated carbocycles. The summed E-state index contributed by atoms with van der Waals surface area (Å²) < 4.78 is 0. The van der Waals surface area contributed by atoms with E-state index in [0.717, 1.165) is 5.56 Å². The first-order valence-electron chi connectivity index (χ1n) is 2.24. The van der Waals surface area contributed by atoms with Gasteiger partial charge in [0.15, 0.2) is 5.15 Å². The van der Waals surface area contributed by atoms with E-state index in [4.69, 9.17) is 11.6 Å². The van der Waals surface area contributed by atoms with E-state index in [0.29, 0.717) is 5.15 Å². The lowest BCUT2D eigenvalue weighted by Gasteiger charge is -1.86. The van der Waals surface area contributed by atoms with Gasteiger partial charge in [0.1, 0.15) is 0 Å². The maximum atomic E-state index is 5.47. The van der Waals surface area contributed by atoms with Gasteiger partial charge in [0.05, 0.1) is 6.20 Å². The monoisotopic (exact) mass is 144 g/mol. The van der Waals surface area contributed by atoms with Crippen LogP contribution in [0.2, 0.25) is 5.15 Å². The predicted molar refractivity (Wildman–Crippen MR) is 38.5 cm³/mol. The zero-order valence-electron chi connectivity index (χ0n) is 4.43. The molecule has 0 radical (unpaired) electrons. The van der Waals surface area contributed by atoms with Gasteiger partial charge in [-0.1, -0.05) is 19.0 Å². The van der Waals surface area contributed by atoms with Crippen LogP contribution in [0, 0.1) is 6.92 Å². The quantitative estimate of drug-likeness (QED) is 0.557. The summed E-state index contributed by atoms with van der Waals surface area (Å²) in [6.07, 6.45) is 1.66. The van der Waals surface area contributed by atoms with Crippen molar-refractivity contribution in [3.8, 4) is 0 Å². The molecule has 0 saturated heterocycles. The Balaban J connectivity index is 0.000000640. The fourth-order valence-corrected chi connectivity index (χ4v) is 0.645. The molecule has 0 aliphatic carbocycles. The highest BCUT2D eigenvalue weighted by Gasteiger charge is 1.85. The summed E-state index contributed by atoms with van der Waals surface area (Å²) >= 11 is 5.47. The Labute approximate surface area is 59.9 Å². The van der Waals surface area contributed by atoms with Gasteiger partial charge in [-0.3, -0.25) is 0 Å². The smallest absolute Gasteiger partial charge is 0.151 e. The number of nitrogens with zero attached hydrogens (tertiary/aromatic N) is 2. The highest BCUT2D eigenvalue weighted by atomic mass is 35.5. The molecular formula is C6H9ClN2. The van der Waals surface area contributed by atoms with Gasteiger partial charge in [0, 0.05) is 0 Å². The van der Waals surface area contributed by atoms with Crippen LogP contribution in [-0.4, -0.2) is 10.2 Å². The van der Waals surface area contributed by atoms with Crippen molar-refractivity contribution in [3.63, 3.8) is 0 Å². The standard InChI is InChI=1S/C5H5ClN2.CH4/c1-4-2-5(6)8-7-3-4;/h2-3H,1H3;1H4. The fraction of sp³-hybridized carbons (Fsp3) is 0.333. The molecule has 0 N–H and O–H groups in total. The molecule has 0 fully saturated rings. The Morgan fingerprint density at radius 1 is 1.56 bits per heavy atom. The summed E-state index contributed by atoms with van der Waals surface area (Å²) in [6, 6.07) is 1.76. The summed E-state index contributed by atoms with van der Waals surface area (Å²) in [5.74, 6) is 0. The third kappa shape index (κ3) is 2.42. The van der Waals surface area contributed by atoms with Crippen molar-refractivity contribution >= 4 is 11.6 Å². The first-order chi connectivity index (χ1) is 3.79. The van der Waals surface area contributed by atoms with Crippen LogP contribution < -0.4 is 0 Å². The first-order valence-corrected chi connectivity index (χ1v) is 2.61. The molecule has 0 amide bonds. The molecule has 1 aromatic heterocycles. The van der Waals surface area contributed by atoms with Gasteiger partial charge in [0.2, 0.25) is 0 Å². The average molecular weight is 145 g/mol. The Morgan fingerprint density at radius 3 is 2.56 bits per heavy atom. The highest BCUT2D eigenvalue weighted by Crippen LogP contribution is 2.02. The summed E-state index contributed by atoms with van der Waals surface area (Å²) in [4.78, 5) is 0. The normalized spacial score (nSPS) is 8.22. The molecule has 0 spiro atoms. The molecule has 1 rings (SSSR count). The number of aromatic nitrogens is 2. The molecule has 9 heavy (non-hydrogen) atoms. The molecule has 3 heteroatoms. The second-order valence-electron chi connectivity index (χ2n) is 1.56. The van der Waals surface area contributed by atoms with Gasteiger partial charge in [-0.05, 0) is 18.6 Å². The SMILES string of the molecule is C.Cc1cnnc(Cl)c1. The molecule has 0 bridgehead atoms. The summed E-state index contributed by atoms with van der Waals surface area (Å²) in [6.45, 7) is 1.92. The number of halogens is 1. The third-order valence-electron chi connectivity index (χ3n) is 0.761. The average Bonchev–Trinajstić information content (AvgIpc) is 1.64. The van der Waals surface area contributed by atoms with Gasteiger partial charge >= 0.3 is 0 Å². The van der Waals surface area contributed by atoms with Crippen molar-refractivity contribution in [1.82, 2.24) is 10.2 Å². The maximum absolute atomic E-state index is 5.47. The van der Waals surface area contributed by atoms with Crippen LogP contribution in [0.4, 0.5) is 0 Å². The molecule has 0 unspecified atom stereocenters. The van der Waals surface area contributed by atoms with Gasteiger partial charge in [-0.25, -0.2) is 0 Å². The van der Waals surface area contributed by atoms with Gasteiger partial charge in [-0.15, -0.1) is 5.10 Å². The minimum absolute atomic E-state index is 0. The Kier molecular flexibility index (Phi) is 3.17. The lowest BCUT2D eigenvalue weighted by Crippen LogP contribution is -1.80. The Morgan fingerprint density at radius 2 is 2.22 bits per heavy atom. The van der Waals surface area contributed by atoms with Crippen molar-refractivity contribution in [3.05, 3.63) is 23.0 Å². The minimum Gasteiger partial charge on any atom is -0.157 e. The minimum atomic E-state index is 0. The second kappa shape index (κ2) is 3.41. The van der Waals surface area contributed by atoms with E-state index in [2.05, 4.69) is 10.2 Å². The molecular weight excluding hydrogens is 136 g/mol. The van der Waals surface area contributed by atoms with Gasteiger partial charge < -0.3 is 0 Å². The summed E-state index contributed by atoms with van der Waals surface area (Å²) in [5, 5.41) is 7.61. The number of rotatable bonds is 0. The third-order valence-corrected chi connectivity index (χ3v) is 0.946. The van der Waals surface area contributed by atoms with Crippen molar-refractivity contribution in [2.24, 2.45) is 0 Å². The second-order valence-corrected chi connectivity index (χ2v) is 1.94. The zero-order valence-corrected chi connectivity index (χ0v) is 5.18. The predicted octanol–water partition coefficient (Wildman–Crippen LogP) is 2.07. The van der Waals surface area contributed by atoms with E-state index >= 15 is 0 Å². The van der Waals surface area contributed by atoms with Gasteiger partial charge in [-0.2, -0.15) is 5.10 Å². The molecule has 2 nitrogen and oxygen atoms in total. The summed E-state index contributed by atoms with van der Waals surface area (Å²) in [7, 11) is 0. The number of hydrogen-bond donors (Lipinski definition) is 0. The Bertz CT molecular complexity index is 171. The van der Waals surface area contributed by atoms with Crippen LogP contribution in [0.15, 0.2) is 12.3 Å². The van der Waals surface area contributed by atoms with Crippen LogP contribution in [0.25, 0.3) is 0 Å². The molecule has 0 aromatic carbocycles.